The summed E-state index contributed by atoms with van der Waals surface area (Å²) in [6.07, 6.45) is 3.37. The molecule has 2 amide bonds. The van der Waals surface area contributed by atoms with Crippen LogP contribution < -0.4 is 10.6 Å². The van der Waals surface area contributed by atoms with E-state index >= 15 is 0 Å². The summed E-state index contributed by atoms with van der Waals surface area (Å²) in [6.45, 7) is 8.58. The largest absolute Gasteiger partial charge is 0.379 e. The zero-order valence-electron chi connectivity index (χ0n) is 12.2. The van der Waals surface area contributed by atoms with Crippen LogP contribution in [0.1, 0.15) is 33.1 Å². The molecule has 110 valence electrons. The van der Waals surface area contributed by atoms with Gasteiger partial charge in [-0.3, -0.25) is 0 Å². The van der Waals surface area contributed by atoms with Gasteiger partial charge in [0.15, 0.2) is 0 Å². The van der Waals surface area contributed by atoms with E-state index in [1.165, 1.54) is 12.8 Å². The lowest BCUT2D eigenvalue weighted by Crippen LogP contribution is -2.51. The highest BCUT2D eigenvalue weighted by Crippen LogP contribution is 2.14. The van der Waals surface area contributed by atoms with Crippen molar-refractivity contribution in [3.63, 3.8) is 0 Å². The molecule has 2 fully saturated rings. The molecule has 5 heteroatoms. The Morgan fingerprint density at radius 2 is 2.32 bits per heavy atom. The van der Waals surface area contributed by atoms with E-state index in [0.29, 0.717) is 12.5 Å². The second kappa shape index (κ2) is 7.10. The summed E-state index contributed by atoms with van der Waals surface area (Å²) in [7, 11) is 0. The van der Waals surface area contributed by atoms with E-state index in [9.17, 15) is 4.79 Å². The molecule has 2 rings (SSSR count). The standard InChI is InChI=1S/C14H27N3O2/c1-11(2)17(9-12-4-3-6-15-8-12)14(18)16-13-5-7-19-10-13/h11-13,15H,3-10H2,1-2H3,(H,16,18). The molecule has 0 saturated carbocycles. The Morgan fingerprint density at radius 3 is 2.89 bits per heavy atom. The lowest BCUT2D eigenvalue weighted by atomic mass is 9.98. The minimum atomic E-state index is 0.0658. The number of urea groups is 1. The number of ether oxygens (including phenoxy) is 1. The van der Waals surface area contributed by atoms with E-state index in [1.54, 1.807) is 0 Å². The van der Waals surface area contributed by atoms with Crippen LogP contribution in [0.5, 0.6) is 0 Å². The van der Waals surface area contributed by atoms with Crippen molar-refractivity contribution in [3.05, 3.63) is 0 Å². The second-order valence-electron chi connectivity index (χ2n) is 5.97. The maximum atomic E-state index is 12.4. The van der Waals surface area contributed by atoms with Gasteiger partial charge in [-0.1, -0.05) is 0 Å². The second-order valence-corrected chi connectivity index (χ2v) is 5.97. The lowest BCUT2D eigenvalue weighted by molar-refractivity contribution is 0.155. The molecule has 0 aliphatic carbocycles. The molecule has 2 atom stereocenters. The summed E-state index contributed by atoms with van der Waals surface area (Å²) in [5.41, 5.74) is 0. The number of carbonyl (C=O) groups excluding carboxylic acids is 1. The van der Waals surface area contributed by atoms with Crippen molar-refractivity contribution in [1.82, 2.24) is 15.5 Å². The van der Waals surface area contributed by atoms with Gasteiger partial charge < -0.3 is 20.3 Å². The Hall–Kier alpha value is -0.810. The molecule has 5 nitrogen and oxygen atoms in total. The number of piperidine rings is 1. The highest BCUT2D eigenvalue weighted by molar-refractivity contribution is 5.74. The fourth-order valence-corrected chi connectivity index (χ4v) is 2.79. The Balaban J connectivity index is 1.84. The molecule has 19 heavy (non-hydrogen) atoms. The van der Waals surface area contributed by atoms with E-state index in [1.807, 2.05) is 4.90 Å². The smallest absolute Gasteiger partial charge is 0.317 e. The van der Waals surface area contributed by atoms with E-state index in [2.05, 4.69) is 24.5 Å². The van der Waals surface area contributed by atoms with E-state index in [-0.39, 0.29) is 18.1 Å². The molecular weight excluding hydrogens is 242 g/mol. The number of rotatable bonds is 4. The Morgan fingerprint density at radius 1 is 1.47 bits per heavy atom. The van der Waals surface area contributed by atoms with Gasteiger partial charge in [-0.05, 0) is 52.1 Å². The van der Waals surface area contributed by atoms with Crippen molar-refractivity contribution in [2.45, 2.75) is 45.2 Å². The average molecular weight is 269 g/mol. The van der Waals surface area contributed by atoms with Crippen molar-refractivity contribution in [3.8, 4) is 0 Å². The summed E-state index contributed by atoms with van der Waals surface area (Å²) in [5, 5.41) is 6.50. The summed E-state index contributed by atoms with van der Waals surface area (Å²) in [6, 6.07) is 0.499. The molecule has 2 heterocycles. The Labute approximate surface area is 116 Å². The van der Waals surface area contributed by atoms with Crippen LogP contribution in [0.4, 0.5) is 4.79 Å². The van der Waals surface area contributed by atoms with Gasteiger partial charge in [0.25, 0.3) is 0 Å². The first-order valence-electron chi connectivity index (χ1n) is 7.52. The predicted molar refractivity (Wildman–Crippen MR) is 75.2 cm³/mol. The van der Waals surface area contributed by atoms with Gasteiger partial charge in [0.1, 0.15) is 0 Å². The first-order chi connectivity index (χ1) is 9.16. The maximum absolute atomic E-state index is 12.4. The quantitative estimate of drug-likeness (QED) is 0.806. The van der Waals surface area contributed by atoms with Gasteiger partial charge >= 0.3 is 6.03 Å². The molecule has 0 aromatic rings. The number of carbonyl (C=O) groups is 1. The minimum absolute atomic E-state index is 0.0658. The molecule has 2 saturated heterocycles. The third-order valence-corrected chi connectivity index (χ3v) is 4.00. The molecule has 2 N–H and O–H groups in total. The average Bonchev–Trinajstić information content (AvgIpc) is 2.89. The summed E-state index contributed by atoms with van der Waals surface area (Å²) in [5.74, 6) is 0.585. The highest BCUT2D eigenvalue weighted by atomic mass is 16.5. The summed E-state index contributed by atoms with van der Waals surface area (Å²) >= 11 is 0. The van der Waals surface area contributed by atoms with Crippen LogP contribution >= 0.6 is 0 Å². The predicted octanol–water partition coefficient (Wildman–Crippen LogP) is 1.19. The third-order valence-electron chi connectivity index (χ3n) is 4.00. The van der Waals surface area contributed by atoms with E-state index < -0.39 is 0 Å². The molecule has 0 spiro atoms. The topological polar surface area (TPSA) is 53.6 Å². The first-order valence-corrected chi connectivity index (χ1v) is 7.52. The Bertz CT molecular complexity index is 284. The van der Waals surface area contributed by atoms with Crippen LogP contribution in [0.15, 0.2) is 0 Å². The maximum Gasteiger partial charge on any atom is 0.317 e. The third kappa shape index (κ3) is 4.35. The monoisotopic (exact) mass is 269 g/mol. The molecule has 2 aliphatic heterocycles. The molecule has 0 radical (unpaired) electrons. The highest BCUT2D eigenvalue weighted by Gasteiger charge is 2.25. The number of hydrogen-bond acceptors (Lipinski definition) is 3. The Kier molecular flexibility index (Phi) is 5.45. The van der Waals surface area contributed by atoms with Crippen LogP contribution in [0.25, 0.3) is 0 Å². The zero-order valence-corrected chi connectivity index (χ0v) is 12.2. The summed E-state index contributed by atoms with van der Waals surface area (Å²) in [4.78, 5) is 14.3. The van der Waals surface area contributed by atoms with Crippen molar-refractivity contribution in [1.29, 1.82) is 0 Å². The molecule has 2 aliphatic rings. The molecule has 0 bridgehead atoms. The van der Waals surface area contributed by atoms with Crippen molar-refractivity contribution in [2.75, 3.05) is 32.8 Å². The summed E-state index contributed by atoms with van der Waals surface area (Å²) < 4.78 is 5.30. The van der Waals surface area contributed by atoms with Crippen LogP contribution in [0.3, 0.4) is 0 Å². The number of hydrogen-bond donors (Lipinski definition) is 2. The van der Waals surface area contributed by atoms with Crippen molar-refractivity contribution < 1.29 is 9.53 Å². The zero-order chi connectivity index (χ0) is 13.7. The van der Waals surface area contributed by atoms with Gasteiger partial charge in [0, 0.05) is 19.2 Å². The number of amides is 2. The van der Waals surface area contributed by atoms with Gasteiger partial charge in [0.2, 0.25) is 0 Å². The normalized spacial score (nSPS) is 27.5. The van der Waals surface area contributed by atoms with E-state index in [0.717, 1.165) is 32.7 Å². The number of nitrogens with one attached hydrogen (secondary N) is 2. The van der Waals surface area contributed by atoms with Crippen LogP contribution in [-0.2, 0) is 4.74 Å². The fourth-order valence-electron chi connectivity index (χ4n) is 2.79. The minimum Gasteiger partial charge on any atom is -0.379 e. The van der Waals surface area contributed by atoms with Crippen LogP contribution in [-0.4, -0.2) is 55.9 Å². The SMILES string of the molecule is CC(C)N(CC1CCCNC1)C(=O)NC1CCOC1. The molecular formula is C14H27N3O2. The molecule has 2 unspecified atom stereocenters. The fraction of sp³-hybridized carbons (Fsp3) is 0.929. The van der Waals surface area contributed by atoms with Gasteiger partial charge in [0.05, 0.1) is 12.6 Å². The molecule has 0 aromatic heterocycles. The van der Waals surface area contributed by atoms with Crippen molar-refractivity contribution >= 4 is 6.03 Å². The van der Waals surface area contributed by atoms with Gasteiger partial charge in [-0.2, -0.15) is 0 Å². The van der Waals surface area contributed by atoms with Gasteiger partial charge in [-0.25, -0.2) is 4.79 Å². The van der Waals surface area contributed by atoms with Gasteiger partial charge in [-0.15, -0.1) is 0 Å². The van der Waals surface area contributed by atoms with Crippen LogP contribution in [0.2, 0.25) is 0 Å². The molecule has 0 aromatic carbocycles. The van der Waals surface area contributed by atoms with E-state index in [4.69, 9.17) is 4.74 Å². The number of nitrogens with zero attached hydrogens (tertiary/aromatic N) is 1. The lowest BCUT2D eigenvalue weighted by Gasteiger charge is -2.33. The van der Waals surface area contributed by atoms with Crippen molar-refractivity contribution in [2.24, 2.45) is 5.92 Å². The first kappa shape index (κ1) is 14.6. The van der Waals surface area contributed by atoms with Crippen LogP contribution in [0, 0.1) is 5.92 Å².